The molecule has 2 aromatic rings. The second-order valence-electron chi connectivity index (χ2n) is 7.10. The molecule has 4 N–H and O–H groups in total. The van der Waals surface area contributed by atoms with E-state index < -0.39 is 5.91 Å². The number of nitrogens with one attached hydrogen (secondary N) is 2. The summed E-state index contributed by atoms with van der Waals surface area (Å²) < 4.78 is 24.7. The van der Waals surface area contributed by atoms with Gasteiger partial charge in [-0.3, -0.25) is 9.59 Å². The molecule has 3 rings (SSSR count). The van der Waals surface area contributed by atoms with Crippen molar-refractivity contribution in [3.8, 4) is 11.5 Å². The molecule has 0 saturated carbocycles. The minimum atomic E-state index is -0.564. The fourth-order valence-corrected chi connectivity index (χ4v) is 3.48. The molecule has 7 nitrogen and oxygen atoms in total. The number of rotatable bonds is 9. The lowest BCUT2D eigenvalue weighted by Crippen LogP contribution is -2.48. The first kappa shape index (κ1) is 21.6. The largest absolute Gasteiger partial charge is 0.490 e. The van der Waals surface area contributed by atoms with Crippen molar-refractivity contribution in [2.45, 2.75) is 38.4 Å². The fourth-order valence-electron chi connectivity index (χ4n) is 3.48. The average molecular weight is 415 g/mol. The number of carbonyl (C=O) groups excluding carboxylic acids is 2. The van der Waals surface area contributed by atoms with Crippen molar-refractivity contribution in [2.24, 2.45) is 5.73 Å². The highest BCUT2D eigenvalue weighted by Crippen LogP contribution is 2.29. The lowest BCUT2D eigenvalue weighted by Gasteiger charge is -2.33. The second kappa shape index (κ2) is 10.1. The molecule has 1 heterocycles. The first-order valence-electron chi connectivity index (χ1n) is 9.91. The lowest BCUT2D eigenvalue weighted by molar-refractivity contribution is -0.124. The number of primary amides is 1. The summed E-state index contributed by atoms with van der Waals surface area (Å²) in [5.74, 6) is 0.0282. The van der Waals surface area contributed by atoms with Crippen molar-refractivity contribution in [1.82, 2.24) is 10.6 Å². The predicted molar refractivity (Wildman–Crippen MR) is 109 cm³/mol. The van der Waals surface area contributed by atoms with Crippen LogP contribution in [0.25, 0.3) is 0 Å². The van der Waals surface area contributed by atoms with Gasteiger partial charge in [0, 0.05) is 19.0 Å². The highest BCUT2D eigenvalue weighted by Gasteiger charge is 2.29. The minimum absolute atomic E-state index is 0.0445. The number of nitrogens with two attached hydrogens (primary N) is 1. The summed E-state index contributed by atoms with van der Waals surface area (Å²) in [6.45, 7) is 2.59. The zero-order chi connectivity index (χ0) is 21.5. The lowest BCUT2D eigenvalue weighted by atomic mass is 9.91. The van der Waals surface area contributed by atoms with Crippen LogP contribution in [0.3, 0.4) is 0 Å². The monoisotopic (exact) mass is 415 g/mol. The van der Waals surface area contributed by atoms with Crippen LogP contribution in [0, 0.1) is 5.82 Å². The van der Waals surface area contributed by atoms with Crippen LogP contribution in [0.1, 0.15) is 36.9 Å². The van der Waals surface area contributed by atoms with Gasteiger partial charge in [-0.2, -0.15) is 0 Å². The van der Waals surface area contributed by atoms with Gasteiger partial charge in [0.1, 0.15) is 5.82 Å². The van der Waals surface area contributed by atoms with Crippen LogP contribution >= 0.6 is 0 Å². The van der Waals surface area contributed by atoms with E-state index in [4.69, 9.17) is 15.2 Å². The molecular weight excluding hydrogens is 389 g/mol. The van der Waals surface area contributed by atoms with E-state index in [1.54, 1.807) is 12.1 Å². The number of amides is 2. The Labute approximate surface area is 174 Å². The molecule has 2 amide bonds. The molecule has 30 heavy (non-hydrogen) atoms. The maximum Gasteiger partial charge on any atom is 0.255 e. The molecule has 160 valence electrons. The molecule has 0 unspecified atom stereocenters. The Hall–Kier alpha value is -3.13. The third kappa shape index (κ3) is 5.70. The van der Waals surface area contributed by atoms with Crippen LogP contribution in [-0.2, 0) is 16.1 Å². The first-order chi connectivity index (χ1) is 14.5. The maximum absolute atomic E-state index is 13.7. The van der Waals surface area contributed by atoms with Gasteiger partial charge in [-0.1, -0.05) is 18.2 Å². The van der Waals surface area contributed by atoms with E-state index in [0.29, 0.717) is 37.5 Å². The number of hydrogen-bond acceptors (Lipinski definition) is 5. The van der Waals surface area contributed by atoms with Crippen LogP contribution in [-0.4, -0.2) is 31.1 Å². The molecule has 2 aromatic carbocycles. The number of halogens is 1. The summed E-state index contributed by atoms with van der Waals surface area (Å²) in [5.41, 5.74) is 6.81. The molecule has 1 saturated heterocycles. The van der Waals surface area contributed by atoms with E-state index >= 15 is 0 Å². The van der Waals surface area contributed by atoms with Crippen molar-refractivity contribution in [1.29, 1.82) is 0 Å². The van der Waals surface area contributed by atoms with Crippen LogP contribution in [0.5, 0.6) is 11.5 Å². The van der Waals surface area contributed by atoms with Gasteiger partial charge in [-0.25, -0.2) is 4.39 Å². The topological polar surface area (TPSA) is 103 Å². The highest BCUT2D eigenvalue weighted by atomic mass is 19.1. The van der Waals surface area contributed by atoms with Gasteiger partial charge < -0.3 is 25.8 Å². The number of piperidine rings is 1. The van der Waals surface area contributed by atoms with Gasteiger partial charge in [0.15, 0.2) is 18.1 Å². The number of carbonyl (C=O) groups is 2. The maximum atomic E-state index is 13.7. The van der Waals surface area contributed by atoms with Crippen molar-refractivity contribution in [2.75, 3.05) is 13.2 Å². The number of ether oxygens (including phenoxy) is 2. The third-order valence-electron chi connectivity index (χ3n) is 4.86. The van der Waals surface area contributed by atoms with E-state index in [-0.39, 0.29) is 30.4 Å². The van der Waals surface area contributed by atoms with Crippen molar-refractivity contribution in [3.63, 3.8) is 0 Å². The third-order valence-corrected chi connectivity index (χ3v) is 4.86. The minimum Gasteiger partial charge on any atom is -0.490 e. The van der Waals surface area contributed by atoms with Gasteiger partial charge >= 0.3 is 0 Å². The summed E-state index contributed by atoms with van der Waals surface area (Å²) in [4.78, 5) is 22.9. The Morgan fingerprint density at radius 2 is 2.07 bits per heavy atom. The molecular formula is C22H26FN3O4. The van der Waals surface area contributed by atoms with Crippen LogP contribution in [0.2, 0.25) is 0 Å². The van der Waals surface area contributed by atoms with E-state index in [2.05, 4.69) is 10.6 Å². The molecule has 2 atom stereocenters. The molecule has 1 fully saturated rings. The summed E-state index contributed by atoms with van der Waals surface area (Å²) in [5, 5.41) is 6.42. The molecule has 0 bridgehead atoms. The summed E-state index contributed by atoms with van der Waals surface area (Å²) in [6.07, 6.45) is 1.05. The fraction of sp³-hybridized carbons (Fsp3) is 0.364. The first-order valence-corrected chi connectivity index (χ1v) is 9.91. The smallest absolute Gasteiger partial charge is 0.255 e. The van der Waals surface area contributed by atoms with Crippen LogP contribution in [0.15, 0.2) is 42.5 Å². The quantitative estimate of drug-likeness (QED) is 0.583. The SMILES string of the molecule is CCOc1cc(CN[C@@H]2CCC(=O)N[C@H]2c2cccc(F)c2)ccc1OCC(N)=O. The molecule has 0 spiro atoms. The van der Waals surface area contributed by atoms with Crippen molar-refractivity contribution >= 4 is 11.8 Å². The summed E-state index contributed by atoms with van der Waals surface area (Å²) in [7, 11) is 0. The van der Waals surface area contributed by atoms with Gasteiger partial charge in [0.05, 0.1) is 12.6 Å². The Morgan fingerprint density at radius 3 is 2.80 bits per heavy atom. The van der Waals surface area contributed by atoms with Crippen LogP contribution < -0.4 is 25.8 Å². The zero-order valence-corrected chi connectivity index (χ0v) is 16.8. The Kier molecular flexibility index (Phi) is 7.24. The normalized spacial score (nSPS) is 18.5. The summed E-state index contributed by atoms with van der Waals surface area (Å²) >= 11 is 0. The summed E-state index contributed by atoms with van der Waals surface area (Å²) in [6, 6.07) is 11.4. The molecule has 0 aliphatic carbocycles. The van der Waals surface area contributed by atoms with E-state index in [0.717, 1.165) is 11.1 Å². The average Bonchev–Trinajstić information content (AvgIpc) is 2.72. The van der Waals surface area contributed by atoms with Gasteiger partial charge in [-0.15, -0.1) is 0 Å². The van der Waals surface area contributed by atoms with Crippen molar-refractivity contribution < 1.29 is 23.5 Å². The van der Waals surface area contributed by atoms with Gasteiger partial charge in [-0.05, 0) is 48.7 Å². The van der Waals surface area contributed by atoms with E-state index in [9.17, 15) is 14.0 Å². The standard InChI is InChI=1S/C22H26FN3O4/c1-2-29-19-10-14(6-8-18(19)30-13-20(24)27)12-25-17-7-9-21(28)26-22(17)15-4-3-5-16(23)11-15/h3-6,8,10-11,17,22,25H,2,7,9,12-13H2,1H3,(H2,24,27)(H,26,28)/t17-,22+/m1/s1. The Bertz CT molecular complexity index is 906. The molecule has 0 aromatic heterocycles. The van der Waals surface area contributed by atoms with E-state index in [1.807, 2.05) is 25.1 Å². The molecule has 8 heteroatoms. The molecule has 1 aliphatic heterocycles. The van der Waals surface area contributed by atoms with Gasteiger partial charge in [0.2, 0.25) is 5.91 Å². The highest BCUT2D eigenvalue weighted by molar-refractivity contribution is 5.77. The Morgan fingerprint density at radius 1 is 1.23 bits per heavy atom. The number of benzene rings is 2. The zero-order valence-electron chi connectivity index (χ0n) is 16.8. The van der Waals surface area contributed by atoms with Crippen LogP contribution in [0.4, 0.5) is 4.39 Å². The predicted octanol–water partition coefficient (Wildman–Crippen LogP) is 2.20. The molecule has 1 aliphatic rings. The number of hydrogen-bond donors (Lipinski definition) is 3. The molecule has 0 radical (unpaired) electrons. The van der Waals surface area contributed by atoms with Gasteiger partial charge in [0.25, 0.3) is 5.91 Å². The van der Waals surface area contributed by atoms with E-state index in [1.165, 1.54) is 12.1 Å². The Balaban J connectivity index is 1.71. The second-order valence-corrected chi connectivity index (χ2v) is 7.10. The van der Waals surface area contributed by atoms with Crippen molar-refractivity contribution in [3.05, 3.63) is 59.4 Å².